The maximum absolute atomic E-state index is 11.0. The zero-order chi connectivity index (χ0) is 12.1. The maximum Gasteiger partial charge on any atom is 0.229 e. The summed E-state index contributed by atoms with van der Waals surface area (Å²) >= 11 is 3.91. The Hall–Kier alpha value is -0.960. The van der Waals surface area contributed by atoms with Crippen LogP contribution in [-0.2, 0) is 11.2 Å². The van der Waals surface area contributed by atoms with Gasteiger partial charge >= 0.3 is 0 Å². The molecule has 0 bridgehead atoms. The molecule has 1 aromatic carbocycles. The average Bonchev–Trinajstić information content (AvgIpc) is 2.25. The highest BCUT2D eigenvalue weighted by molar-refractivity contribution is 7.81. The van der Waals surface area contributed by atoms with Gasteiger partial charge in [-0.05, 0) is 49.4 Å². The fourth-order valence-corrected chi connectivity index (χ4v) is 1.79. The van der Waals surface area contributed by atoms with Crippen molar-refractivity contribution in [1.29, 1.82) is 0 Å². The Morgan fingerprint density at radius 1 is 1.19 bits per heavy atom. The highest BCUT2D eigenvalue weighted by Gasteiger charge is 2.02. The van der Waals surface area contributed by atoms with E-state index in [0.29, 0.717) is 6.54 Å². The first-order valence-corrected chi connectivity index (χ1v) is 6.12. The summed E-state index contributed by atoms with van der Waals surface area (Å²) in [6.07, 6.45) is 0.881. The lowest BCUT2D eigenvalue weighted by atomic mass is 9.99. The number of rotatable bonds is 4. The molecule has 16 heavy (non-hydrogen) atoms. The number of hydrogen-bond acceptors (Lipinski definition) is 2. The lowest BCUT2D eigenvalue weighted by Gasteiger charge is -2.10. The molecule has 0 spiro atoms. The molecule has 2 nitrogen and oxygen atoms in total. The Kier molecular flexibility index (Phi) is 4.87. The van der Waals surface area contributed by atoms with E-state index in [9.17, 15) is 4.79 Å². The van der Waals surface area contributed by atoms with Gasteiger partial charge in [-0.2, -0.15) is 12.6 Å². The molecule has 88 valence electrons. The van der Waals surface area contributed by atoms with Crippen LogP contribution >= 0.6 is 12.6 Å². The first-order valence-electron chi connectivity index (χ1n) is 5.49. The molecule has 0 radical (unpaired) electrons. The van der Waals surface area contributed by atoms with E-state index >= 15 is 0 Å². The number of nitrogens with one attached hydrogen (secondary N) is 1. The molecule has 1 N–H and O–H groups in total. The number of thiol groups is 1. The zero-order valence-corrected chi connectivity index (χ0v) is 11.0. The number of aryl methyl sites for hydroxylation is 3. The molecule has 0 saturated heterocycles. The minimum atomic E-state index is -0.00943. The summed E-state index contributed by atoms with van der Waals surface area (Å²) in [6, 6.07) is 4.41. The van der Waals surface area contributed by atoms with Crippen molar-refractivity contribution in [2.75, 3.05) is 12.3 Å². The first-order chi connectivity index (χ1) is 7.54. The zero-order valence-electron chi connectivity index (χ0n) is 10.1. The fourth-order valence-electron chi connectivity index (χ4n) is 1.68. The number of carbonyl (C=O) groups is 1. The highest BCUT2D eigenvalue weighted by atomic mass is 32.1. The van der Waals surface area contributed by atoms with Gasteiger partial charge in [0.2, 0.25) is 5.91 Å². The molecule has 3 heteroatoms. The third kappa shape index (κ3) is 3.56. The Bertz CT molecular complexity index is 388. The largest absolute Gasteiger partial charge is 0.355 e. The summed E-state index contributed by atoms with van der Waals surface area (Å²) < 4.78 is 0. The molecule has 0 aromatic heterocycles. The van der Waals surface area contributed by atoms with Gasteiger partial charge in [-0.25, -0.2) is 0 Å². The molecule has 1 rings (SSSR count). The number of carbonyl (C=O) groups excluding carboxylic acids is 1. The molecule has 0 unspecified atom stereocenters. The second-order valence-corrected chi connectivity index (χ2v) is 4.44. The van der Waals surface area contributed by atoms with Crippen molar-refractivity contribution in [1.82, 2.24) is 5.32 Å². The molecule has 0 saturated carbocycles. The van der Waals surface area contributed by atoms with Gasteiger partial charge in [0.05, 0.1) is 5.75 Å². The van der Waals surface area contributed by atoms with E-state index in [1.807, 2.05) is 0 Å². The van der Waals surface area contributed by atoms with Gasteiger partial charge in [0.1, 0.15) is 0 Å². The summed E-state index contributed by atoms with van der Waals surface area (Å²) in [5.74, 6) is 0.246. The molecule has 0 aliphatic carbocycles. The van der Waals surface area contributed by atoms with Gasteiger partial charge in [-0.15, -0.1) is 0 Å². The van der Waals surface area contributed by atoms with E-state index in [1.165, 1.54) is 22.3 Å². The third-order valence-corrected chi connectivity index (χ3v) is 3.10. The van der Waals surface area contributed by atoms with Crippen LogP contribution in [0.2, 0.25) is 0 Å². The summed E-state index contributed by atoms with van der Waals surface area (Å²) in [4.78, 5) is 11.0. The molecule has 0 heterocycles. The maximum atomic E-state index is 11.0. The molecule has 0 fully saturated rings. The Balaban J connectivity index is 2.60. The molecule has 0 aliphatic heterocycles. The highest BCUT2D eigenvalue weighted by Crippen LogP contribution is 2.15. The normalized spacial score (nSPS) is 10.2. The van der Waals surface area contributed by atoms with Crippen LogP contribution in [0.25, 0.3) is 0 Å². The van der Waals surface area contributed by atoms with Crippen molar-refractivity contribution in [2.45, 2.75) is 27.2 Å². The SMILES string of the molecule is Cc1cc(C)c(CCNC(=O)CS)cc1C. The smallest absolute Gasteiger partial charge is 0.229 e. The molecule has 0 atom stereocenters. The van der Waals surface area contributed by atoms with Crippen LogP contribution in [0.5, 0.6) is 0 Å². The van der Waals surface area contributed by atoms with Crippen LogP contribution < -0.4 is 5.32 Å². The van der Waals surface area contributed by atoms with Crippen LogP contribution in [0, 0.1) is 20.8 Å². The van der Waals surface area contributed by atoms with E-state index in [0.717, 1.165) is 6.42 Å². The van der Waals surface area contributed by atoms with Crippen LogP contribution in [0.1, 0.15) is 22.3 Å². The summed E-state index contributed by atoms with van der Waals surface area (Å²) in [6.45, 7) is 7.03. The predicted molar refractivity (Wildman–Crippen MR) is 71.2 cm³/mol. The second-order valence-electron chi connectivity index (χ2n) is 4.12. The first kappa shape index (κ1) is 13.1. The third-order valence-electron chi connectivity index (χ3n) is 2.81. The molecular weight excluding hydrogens is 218 g/mol. The van der Waals surface area contributed by atoms with Crippen LogP contribution in [-0.4, -0.2) is 18.2 Å². The van der Waals surface area contributed by atoms with E-state index in [2.05, 4.69) is 50.8 Å². The summed E-state index contributed by atoms with van der Waals surface area (Å²) in [5, 5.41) is 2.83. The lowest BCUT2D eigenvalue weighted by Crippen LogP contribution is -2.26. The topological polar surface area (TPSA) is 29.1 Å². The summed E-state index contributed by atoms with van der Waals surface area (Å²) in [7, 11) is 0. The monoisotopic (exact) mass is 237 g/mol. The number of benzene rings is 1. The van der Waals surface area contributed by atoms with Crippen LogP contribution in [0.3, 0.4) is 0 Å². The standard InChI is InChI=1S/C13H19NOS/c1-9-6-11(3)12(7-10(9)2)4-5-14-13(15)8-16/h6-7,16H,4-5,8H2,1-3H3,(H,14,15). The van der Waals surface area contributed by atoms with Gasteiger partial charge in [0.25, 0.3) is 0 Å². The minimum absolute atomic E-state index is 0.00943. The second kappa shape index (κ2) is 5.94. The number of hydrogen-bond donors (Lipinski definition) is 2. The number of amides is 1. The predicted octanol–water partition coefficient (Wildman–Crippen LogP) is 2.20. The van der Waals surface area contributed by atoms with Crippen molar-refractivity contribution in [2.24, 2.45) is 0 Å². The van der Waals surface area contributed by atoms with Crippen molar-refractivity contribution < 1.29 is 4.79 Å². The molecule has 0 aliphatic rings. The van der Waals surface area contributed by atoms with Crippen molar-refractivity contribution in [3.05, 3.63) is 34.4 Å². The van der Waals surface area contributed by atoms with Gasteiger partial charge in [-0.3, -0.25) is 4.79 Å². The summed E-state index contributed by atoms with van der Waals surface area (Å²) in [5.41, 5.74) is 5.23. The van der Waals surface area contributed by atoms with E-state index in [-0.39, 0.29) is 11.7 Å². The van der Waals surface area contributed by atoms with Crippen molar-refractivity contribution >= 4 is 18.5 Å². The molecule has 1 amide bonds. The van der Waals surface area contributed by atoms with Crippen LogP contribution in [0.15, 0.2) is 12.1 Å². The van der Waals surface area contributed by atoms with Gasteiger partial charge in [0.15, 0.2) is 0 Å². The van der Waals surface area contributed by atoms with E-state index in [1.54, 1.807) is 0 Å². The fraction of sp³-hybridized carbons (Fsp3) is 0.462. The Morgan fingerprint density at radius 3 is 2.44 bits per heavy atom. The van der Waals surface area contributed by atoms with Crippen molar-refractivity contribution in [3.63, 3.8) is 0 Å². The minimum Gasteiger partial charge on any atom is -0.355 e. The van der Waals surface area contributed by atoms with E-state index in [4.69, 9.17) is 0 Å². The lowest BCUT2D eigenvalue weighted by molar-refractivity contribution is -0.118. The van der Waals surface area contributed by atoms with Crippen molar-refractivity contribution in [3.8, 4) is 0 Å². The van der Waals surface area contributed by atoms with Gasteiger partial charge < -0.3 is 5.32 Å². The van der Waals surface area contributed by atoms with Gasteiger partial charge in [0, 0.05) is 6.54 Å². The van der Waals surface area contributed by atoms with Crippen LogP contribution in [0.4, 0.5) is 0 Å². The Labute approximate surface area is 103 Å². The van der Waals surface area contributed by atoms with E-state index < -0.39 is 0 Å². The molecule has 1 aromatic rings. The molecular formula is C13H19NOS. The average molecular weight is 237 g/mol. The van der Waals surface area contributed by atoms with Gasteiger partial charge in [-0.1, -0.05) is 12.1 Å². The quantitative estimate of drug-likeness (QED) is 0.772. The Morgan fingerprint density at radius 2 is 1.81 bits per heavy atom.